The molecular formula is C23H28F2O9S. The summed E-state index contributed by atoms with van der Waals surface area (Å²) in [5.74, 6) is -5.10. The van der Waals surface area contributed by atoms with Gasteiger partial charge in [-0.2, -0.15) is 17.2 Å². The molecule has 1 N–H and O–H groups in total. The average molecular weight is 519 g/mol. The number of carbonyl (C=O) groups is 3. The zero-order valence-corrected chi connectivity index (χ0v) is 19.9. The fraction of sp³-hybridized carbons (Fsp3) is 0.870. The van der Waals surface area contributed by atoms with Gasteiger partial charge in [0.2, 0.25) is 0 Å². The molecule has 1 heterocycles. The standard InChI is InChI=1S/C23H28F2O9S/c1-2-22(11-4-9-3-10(6-11)7-12(22)5-9)34-20(27)16-14-8-13-15(16)19(26)32-17(13)18(14)33-21(28)23(24,25)35(29,30)31/h9-18H,2-8H2,1H3,(H,29,30,31). The summed E-state index contributed by atoms with van der Waals surface area (Å²) in [5.41, 5.74) is -0.627. The Labute approximate surface area is 201 Å². The molecule has 7 fully saturated rings. The molecule has 1 aliphatic heterocycles. The molecule has 194 valence electrons. The van der Waals surface area contributed by atoms with E-state index in [9.17, 15) is 31.6 Å². The fourth-order valence-electron chi connectivity index (χ4n) is 8.82. The minimum absolute atomic E-state index is 0.229. The van der Waals surface area contributed by atoms with Crippen LogP contribution < -0.4 is 0 Å². The highest BCUT2D eigenvalue weighted by Crippen LogP contribution is 2.63. The van der Waals surface area contributed by atoms with Crippen LogP contribution in [0.2, 0.25) is 0 Å². The Morgan fingerprint density at radius 2 is 1.69 bits per heavy atom. The Kier molecular flexibility index (Phi) is 4.96. The van der Waals surface area contributed by atoms with E-state index >= 15 is 0 Å². The third kappa shape index (κ3) is 3.10. The van der Waals surface area contributed by atoms with Gasteiger partial charge in [-0.25, -0.2) is 4.79 Å². The second-order valence-electron chi connectivity index (χ2n) is 11.4. The summed E-state index contributed by atoms with van der Waals surface area (Å²) >= 11 is 0. The number of halogens is 2. The summed E-state index contributed by atoms with van der Waals surface area (Å²) in [6, 6.07) is 0. The Morgan fingerprint density at radius 1 is 1.09 bits per heavy atom. The summed E-state index contributed by atoms with van der Waals surface area (Å²) in [6.07, 6.45) is 3.65. The lowest BCUT2D eigenvalue weighted by Crippen LogP contribution is -2.60. The van der Waals surface area contributed by atoms with Crippen LogP contribution in [0.4, 0.5) is 8.78 Å². The molecule has 12 heteroatoms. The predicted octanol–water partition coefficient (Wildman–Crippen LogP) is 2.33. The lowest BCUT2D eigenvalue weighted by atomic mass is 9.49. The summed E-state index contributed by atoms with van der Waals surface area (Å²) in [5, 5.41) is -5.18. The first-order valence-electron chi connectivity index (χ1n) is 12.4. The van der Waals surface area contributed by atoms with Crippen molar-refractivity contribution in [2.75, 3.05) is 0 Å². The quantitative estimate of drug-likeness (QED) is 0.319. The van der Waals surface area contributed by atoms with Gasteiger partial charge in [0.15, 0.2) is 0 Å². The van der Waals surface area contributed by atoms with Crippen LogP contribution in [-0.4, -0.2) is 53.9 Å². The first-order valence-corrected chi connectivity index (χ1v) is 13.8. The van der Waals surface area contributed by atoms with Gasteiger partial charge in [0.05, 0.1) is 11.8 Å². The summed E-state index contributed by atoms with van der Waals surface area (Å²) in [4.78, 5) is 38.3. The van der Waals surface area contributed by atoms with E-state index in [1.165, 1.54) is 6.42 Å². The van der Waals surface area contributed by atoms with Crippen LogP contribution in [0, 0.1) is 47.3 Å². The number of rotatable bonds is 6. The lowest BCUT2D eigenvalue weighted by Gasteiger charge is -2.60. The Morgan fingerprint density at radius 3 is 2.23 bits per heavy atom. The molecule has 0 aromatic carbocycles. The van der Waals surface area contributed by atoms with Crippen LogP contribution in [0.15, 0.2) is 0 Å². The second kappa shape index (κ2) is 7.36. The second-order valence-corrected chi connectivity index (χ2v) is 12.9. The van der Waals surface area contributed by atoms with Crippen LogP contribution in [-0.2, 0) is 38.7 Å². The molecule has 0 spiro atoms. The molecule has 6 atom stereocenters. The van der Waals surface area contributed by atoms with Gasteiger partial charge in [-0.15, -0.1) is 0 Å². The molecule has 0 aromatic heterocycles. The van der Waals surface area contributed by atoms with E-state index < -0.39 is 74.8 Å². The molecule has 0 amide bonds. The highest BCUT2D eigenvalue weighted by Gasteiger charge is 2.72. The molecule has 6 aliphatic carbocycles. The maximum Gasteiger partial charge on any atom is 0.465 e. The molecule has 6 bridgehead atoms. The molecule has 35 heavy (non-hydrogen) atoms. The maximum absolute atomic E-state index is 13.9. The number of carbonyl (C=O) groups excluding carboxylic acids is 3. The van der Waals surface area contributed by atoms with Gasteiger partial charge in [0, 0.05) is 11.8 Å². The van der Waals surface area contributed by atoms with E-state index in [-0.39, 0.29) is 18.3 Å². The number of alkyl halides is 2. The molecule has 6 saturated carbocycles. The molecule has 7 aliphatic rings. The van der Waals surface area contributed by atoms with Gasteiger partial charge in [-0.05, 0) is 68.6 Å². The van der Waals surface area contributed by atoms with Crippen molar-refractivity contribution >= 4 is 28.0 Å². The molecule has 7 rings (SSSR count). The lowest BCUT2D eigenvalue weighted by molar-refractivity contribution is -0.218. The monoisotopic (exact) mass is 518 g/mol. The number of ether oxygens (including phenoxy) is 3. The van der Waals surface area contributed by atoms with Crippen LogP contribution in [0.5, 0.6) is 0 Å². The number of hydrogen-bond donors (Lipinski definition) is 1. The topological polar surface area (TPSA) is 133 Å². The molecule has 9 nitrogen and oxygen atoms in total. The third-order valence-corrected chi connectivity index (χ3v) is 10.8. The predicted molar refractivity (Wildman–Crippen MR) is 111 cm³/mol. The van der Waals surface area contributed by atoms with Crippen molar-refractivity contribution in [1.82, 2.24) is 0 Å². The largest absolute Gasteiger partial charge is 0.465 e. The highest BCUT2D eigenvalue weighted by atomic mass is 32.2. The van der Waals surface area contributed by atoms with Gasteiger partial charge in [-0.1, -0.05) is 6.92 Å². The molecule has 1 saturated heterocycles. The van der Waals surface area contributed by atoms with Crippen molar-refractivity contribution in [2.24, 2.45) is 47.3 Å². The van der Waals surface area contributed by atoms with Crippen LogP contribution in [0.25, 0.3) is 0 Å². The number of fused-ring (bicyclic) bond motifs is 1. The first-order chi connectivity index (χ1) is 16.4. The maximum atomic E-state index is 13.9. The third-order valence-electron chi connectivity index (χ3n) is 9.99. The Hall–Kier alpha value is -1.82. The van der Waals surface area contributed by atoms with E-state index in [0.717, 1.165) is 25.7 Å². The van der Waals surface area contributed by atoms with Crippen molar-refractivity contribution in [3.8, 4) is 0 Å². The van der Waals surface area contributed by atoms with E-state index in [2.05, 4.69) is 0 Å². The van der Waals surface area contributed by atoms with Gasteiger partial charge >= 0.3 is 33.3 Å². The van der Waals surface area contributed by atoms with Crippen LogP contribution in [0.1, 0.15) is 51.9 Å². The Balaban J connectivity index is 1.26. The van der Waals surface area contributed by atoms with Gasteiger partial charge in [-0.3, -0.25) is 14.1 Å². The highest BCUT2D eigenvalue weighted by molar-refractivity contribution is 7.87. The molecule has 0 aromatic rings. The smallest absolute Gasteiger partial charge is 0.458 e. The first kappa shape index (κ1) is 23.6. The van der Waals surface area contributed by atoms with E-state index in [1.54, 1.807) is 0 Å². The van der Waals surface area contributed by atoms with Crippen molar-refractivity contribution in [3.63, 3.8) is 0 Å². The SMILES string of the molecule is CCC1(OC(=O)C2C3CC4C(OC(=O)C42)C3OC(=O)C(F)(F)S(=O)(=O)O)C2CC3CC(C2)CC1C3. The van der Waals surface area contributed by atoms with Crippen molar-refractivity contribution < 1.29 is 50.3 Å². The fourth-order valence-corrected chi connectivity index (χ4v) is 9.08. The van der Waals surface area contributed by atoms with E-state index in [1.807, 2.05) is 6.92 Å². The van der Waals surface area contributed by atoms with E-state index in [4.69, 9.17) is 18.8 Å². The molecular weight excluding hydrogens is 490 g/mol. The summed E-state index contributed by atoms with van der Waals surface area (Å²) in [7, 11) is -6.06. The van der Waals surface area contributed by atoms with E-state index in [0.29, 0.717) is 18.3 Å². The molecule has 6 unspecified atom stereocenters. The minimum Gasteiger partial charge on any atom is -0.458 e. The summed E-state index contributed by atoms with van der Waals surface area (Å²) in [6.45, 7) is 2.00. The van der Waals surface area contributed by atoms with Crippen molar-refractivity contribution in [3.05, 3.63) is 0 Å². The van der Waals surface area contributed by atoms with Gasteiger partial charge < -0.3 is 14.2 Å². The normalized spacial score (nSPS) is 47.1. The van der Waals surface area contributed by atoms with Gasteiger partial charge in [0.1, 0.15) is 17.8 Å². The van der Waals surface area contributed by atoms with Crippen LogP contribution >= 0.6 is 0 Å². The van der Waals surface area contributed by atoms with Gasteiger partial charge in [0.25, 0.3) is 0 Å². The zero-order valence-electron chi connectivity index (χ0n) is 19.1. The number of esters is 3. The minimum atomic E-state index is -6.06. The Bertz CT molecular complexity index is 1060. The van der Waals surface area contributed by atoms with Crippen molar-refractivity contribution in [1.29, 1.82) is 0 Å². The number of hydrogen-bond acceptors (Lipinski definition) is 8. The average Bonchev–Trinajstić information content (AvgIpc) is 3.38. The zero-order chi connectivity index (χ0) is 25.1. The summed E-state index contributed by atoms with van der Waals surface area (Å²) < 4.78 is 74.8. The van der Waals surface area contributed by atoms with Crippen LogP contribution in [0.3, 0.4) is 0 Å². The van der Waals surface area contributed by atoms with Crippen molar-refractivity contribution in [2.45, 2.75) is 74.9 Å². The molecule has 0 radical (unpaired) electrons.